The lowest BCUT2D eigenvalue weighted by atomic mass is 10.2. The standard InChI is InChI=1S/C12H19FN2O2S2/c1-8(4-5-18-3)15-19(16,17)10-6-11(13)9(2)12(14)7-10/h6-8,15H,4-5,14H2,1-3H3. The molecule has 0 fully saturated rings. The van der Waals surface area contributed by atoms with Gasteiger partial charge in [-0.2, -0.15) is 11.8 Å². The number of halogens is 1. The fourth-order valence-electron chi connectivity index (χ4n) is 1.52. The van der Waals surface area contributed by atoms with Gasteiger partial charge in [0, 0.05) is 17.3 Å². The highest BCUT2D eigenvalue weighted by Gasteiger charge is 2.19. The van der Waals surface area contributed by atoms with Crippen LogP contribution in [0.15, 0.2) is 17.0 Å². The third-order valence-electron chi connectivity index (χ3n) is 2.78. The number of hydrogen-bond acceptors (Lipinski definition) is 4. The molecule has 0 aliphatic rings. The Hall–Kier alpha value is -0.790. The summed E-state index contributed by atoms with van der Waals surface area (Å²) in [5.41, 5.74) is 5.99. The number of nitrogens with one attached hydrogen (secondary N) is 1. The molecule has 1 unspecified atom stereocenters. The second-order valence-corrected chi connectivity index (χ2v) is 7.12. The van der Waals surface area contributed by atoms with E-state index < -0.39 is 15.8 Å². The molecule has 0 heterocycles. The maximum absolute atomic E-state index is 13.5. The highest BCUT2D eigenvalue weighted by Crippen LogP contribution is 2.21. The number of nitrogen functional groups attached to an aromatic ring is 1. The van der Waals surface area contributed by atoms with Gasteiger partial charge < -0.3 is 5.73 Å². The van der Waals surface area contributed by atoms with Crippen molar-refractivity contribution in [3.8, 4) is 0 Å². The molecule has 108 valence electrons. The van der Waals surface area contributed by atoms with E-state index >= 15 is 0 Å². The Labute approximate surface area is 118 Å². The molecular weight excluding hydrogens is 287 g/mol. The molecule has 4 nitrogen and oxygen atoms in total. The number of rotatable bonds is 6. The maximum atomic E-state index is 13.5. The minimum absolute atomic E-state index is 0.135. The zero-order valence-corrected chi connectivity index (χ0v) is 12.9. The molecule has 0 aromatic heterocycles. The zero-order valence-electron chi connectivity index (χ0n) is 11.2. The van der Waals surface area contributed by atoms with Crippen molar-refractivity contribution in [2.24, 2.45) is 0 Å². The highest BCUT2D eigenvalue weighted by atomic mass is 32.2. The number of sulfonamides is 1. The summed E-state index contributed by atoms with van der Waals surface area (Å²) in [6, 6.07) is 2.07. The molecule has 3 N–H and O–H groups in total. The van der Waals surface area contributed by atoms with Crippen LogP contribution in [0, 0.1) is 12.7 Å². The van der Waals surface area contributed by atoms with E-state index in [1.165, 1.54) is 13.0 Å². The van der Waals surface area contributed by atoms with Crippen LogP contribution in [0.2, 0.25) is 0 Å². The van der Waals surface area contributed by atoms with E-state index in [1.807, 2.05) is 6.26 Å². The van der Waals surface area contributed by atoms with Crippen LogP contribution in [0.25, 0.3) is 0 Å². The van der Waals surface area contributed by atoms with E-state index in [4.69, 9.17) is 5.73 Å². The topological polar surface area (TPSA) is 72.2 Å². The van der Waals surface area contributed by atoms with Crippen LogP contribution >= 0.6 is 11.8 Å². The van der Waals surface area contributed by atoms with Crippen molar-refractivity contribution in [3.63, 3.8) is 0 Å². The van der Waals surface area contributed by atoms with Crippen molar-refractivity contribution in [2.75, 3.05) is 17.7 Å². The summed E-state index contributed by atoms with van der Waals surface area (Å²) in [6.07, 6.45) is 2.67. The van der Waals surface area contributed by atoms with Crippen molar-refractivity contribution >= 4 is 27.5 Å². The molecule has 0 spiro atoms. The van der Waals surface area contributed by atoms with E-state index in [9.17, 15) is 12.8 Å². The first-order valence-corrected chi connectivity index (χ1v) is 8.72. The summed E-state index contributed by atoms with van der Waals surface area (Å²) in [5, 5.41) is 0. The van der Waals surface area contributed by atoms with Gasteiger partial charge in [-0.1, -0.05) is 0 Å². The van der Waals surface area contributed by atoms with Gasteiger partial charge in [-0.3, -0.25) is 0 Å². The molecule has 0 aliphatic heterocycles. The van der Waals surface area contributed by atoms with Crippen molar-refractivity contribution < 1.29 is 12.8 Å². The first kappa shape index (κ1) is 16.3. The number of nitrogens with two attached hydrogens (primary N) is 1. The number of anilines is 1. The fraction of sp³-hybridized carbons (Fsp3) is 0.500. The molecule has 1 rings (SSSR count). The van der Waals surface area contributed by atoms with Gasteiger partial charge in [0.15, 0.2) is 0 Å². The first-order valence-electron chi connectivity index (χ1n) is 5.85. The smallest absolute Gasteiger partial charge is 0.240 e. The van der Waals surface area contributed by atoms with Crippen LogP contribution < -0.4 is 10.5 Å². The molecule has 1 aromatic rings. The normalized spacial score (nSPS) is 13.5. The number of hydrogen-bond donors (Lipinski definition) is 2. The van der Waals surface area contributed by atoms with Crippen LogP contribution in [0.3, 0.4) is 0 Å². The van der Waals surface area contributed by atoms with Crippen LogP contribution in [0.1, 0.15) is 18.9 Å². The summed E-state index contributed by atoms with van der Waals surface area (Å²) in [7, 11) is -3.73. The average molecular weight is 306 g/mol. The monoisotopic (exact) mass is 306 g/mol. The van der Waals surface area contributed by atoms with E-state index in [0.29, 0.717) is 6.42 Å². The molecule has 19 heavy (non-hydrogen) atoms. The Morgan fingerprint density at radius 1 is 1.47 bits per heavy atom. The van der Waals surface area contributed by atoms with Crippen LogP contribution in [0.5, 0.6) is 0 Å². The molecule has 0 amide bonds. The molecule has 0 aliphatic carbocycles. The molecule has 1 atom stereocenters. The predicted molar refractivity (Wildman–Crippen MR) is 78.3 cm³/mol. The summed E-state index contributed by atoms with van der Waals surface area (Å²) in [6.45, 7) is 3.29. The summed E-state index contributed by atoms with van der Waals surface area (Å²) < 4.78 is 40.2. The third-order valence-corrected chi connectivity index (χ3v) is 4.99. The molecule has 0 radical (unpaired) electrons. The lowest BCUT2D eigenvalue weighted by Gasteiger charge is -2.14. The van der Waals surface area contributed by atoms with Gasteiger partial charge in [-0.25, -0.2) is 17.5 Å². The second-order valence-electron chi connectivity index (χ2n) is 4.42. The number of thioether (sulfide) groups is 1. The zero-order chi connectivity index (χ0) is 14.6. The Bertz CT molecular complexity index is 524. The van der Waals surface area contributed by atoms with Gasteiger partial charge in [0.05, 0.1) is 4.90 Å². The van der Waals surface area contributed by atoms with E-state index in [0.717, 1.165) is 11.8 Å². The average Bonchev–Trinajstić information content (AvgIpc) is 2.32. The summed E-state index contributed by atoms with van der Waals surface area (Å²) >= 11 is 1.64. The minimum Gasteiger partial charge on any atom is -0.398 e. The minimum atomic E-state index is -3.73. The van der Waals surface area contributed by atoms with Crippen molar-refractivity contribution in [1.82, 2.24) is 4.72 Å². The molecule has 0 saturated carbocycles. The Morgan fingerprint density at radius 3 is 2.63 bits per heavy atom. The molecule has 0 saturated heterocycles. The van der Waals surface area contributed by atoms with Gasteiger partial charge in [0.1, 0.15) is 5.82 Å². The summed E-state index contributed by atoms with van der Waals surface area (Å²) in [4.78, 5) is -0.135. The third kappa shape index (κ3) is 4.36. The largest absolute Gasteiger partial charge is 0.398 e. The SMILES string of the molecule is CSCCC(C)NS(=O)(=O)c1cc(N)c(C)c(F)c1. The van der Waals surface area contributed by atoms with Gasteiger partial charge in [0.25, 0.3) is 0 Å². The molecule has 0 bridgehead atoms. The first-order chi connectivity index (χ1) is 8.77. The molecular formula is C12H19FN2O2S2. The van der Waals surface area contributed by atoms with E-state index in [1.54, 1.807) is 18.7 Å². The van der Waals surface area contributed by atoms with Gasteiger partial charge in [-0.15, -0.1) is 0 Å². The Morgan fingerprint density at radius 2 is 2.11 bits per heavy atom. The quantitative estimate of drug-likeness (QED) is 0.790. The Kier molecular flexibility index (Phi) is 5.64. The van der Waals surface area contributed by atoms with Crippen LogP contribution in [0.4, 0.5) is 10.1 Å². The van der Waals surface area contributed by atoms with E-state index in [2.05, 4.69) is 4.72 Å². The lowest BCUT2D eigenvalue weighted by molar-refractivity contribution is 0.554. The van der Waals surface area contributed by atoms with Crippen molar-refractivity contribution in [2.45, 2.75) is 31.2 Å². The molecule has 1 aromatic carbocycles. The van der Waals surface area contributed by atoms with Gasteiger partial charge in [-0.05, 0) is 44.4 Å². The van der Waals surface area contributed by atoms with Crippen LogP contribution in [-0.4, -0.2) is 26.5 Å². The van der Waals surface area contributed by atoms with Crippen LogP contribution in [-0.2, 0) is 10.0 Å². The lowest BCUT2D eigenvalue weighted by Crippen LogP contribution is -2.33. The number of benzene rings is 1. The Balaban J connectivity index is 2.95. The van der Waals surface area contributed by atoms with Crippen molar-refractivity contribution in [1.29, 1.82) is 0 Å². The fourth-order valence-corrected chi connectivity index (χ4v) is 3.43. The predicted octanol–water partition coefficient (Wildman–Crippen LogP) is 2.14. The molecule has 7 heteroatoms. The van der Waals surface area contributed by atoms with Gasteiger partial charge >= 0.3 is 0 Å². The van der Waals surface area contributed by atoms with Crippen molar-refractivity contribution in [3.05, 3.63) is 23.5 Å². The van der Waals surface area contributed by atoms with E-state index in [-0.39, 0.29) is 22.2 Å². The summed E-state index contributed by atoms with van der Waals surface area (Å²) in [5.74, 6) is 0.241. The van der Waals surface area contributed by atoms with Gasteiger partial charge in [0.2, 0.25) is 10.0 Å². The highest BCUT2D eigenvalue weighted by molar-refractivity contribution is 7.98. The second kappa shape index (κ2) is 6.58. The maximum Gasteiger partial charge on any atom is 0.240 e.